The summed E-state index contributed by atoms with van der Waals surface area (Å²) >= 11 is 0. The van der Waals surface area contributed by atoms with Crippen LogP contribution in [0.5, 0.6) is 0 Å². The highest BCUT2D eigenvalue weighted by molar-refractivity contribution is 5.32. The number of rotatable bonds is 3. The first kappa shape index (κ1) is 11.1. The Hall–Kier alpha value is -0.990. The van der Waals surface area contributed by atoms with Crippen LogP contribution in [0.15, 0.2) is 6.20 Å². The van der Waals surface area contributed by atoms with Crippen molar-refractivity contribution in [3.63, 3.8) is 0 Å². The number of aromatic nitrogens is 2. The maximum Gasteiger partial charge on any atom is 0.203 e. The van der Waals surface area contributed by atoms with Crippen LogP contribution in [0.25, 0.3) is 0 Å². The van der Waals surface area contributed by atoms with E-state index in [0.29, 0.717) is 6.04 Å². The molecule has 1 aromatic heterocycles. The first-order valence-electron chi connectivity index (χ1n) is 7.04. The summed E-state index contributed by atoms with van der Waals surface area (Å²) in [6.45, 7) is 4.46. The van der Waals surface area contributed by atoms with Gasteiger partial charge in [-0.3, -0.25) is 0 Å². The molecule has 1 heterocycles. The topological polar surface area (TPSA) is 29.9 Å². The predicted octanol–water partition coefficient (Wildman–Crippen LogP) is 3.52. The van der Waals surface area contributed by atoms with Crippen molar-refractivity contribution in [2.45, 2.75) is 64.5 Å². The minimum absolute atomic E-state index is 0.644. The third-order valence-corrected chi connectivity index (χ3v) is 4.14. The largest absolute Gasteiger partial charge is 0.353 e. The Morgan fingerprint density at radius 2 is 1.88 bits per heavy atom. The number of hydrogen-bond acceptors (Lipinski definition) is 2. The van der Waals surface area contributed by atoms with E-state index in [-0.39, 0.29) is 0 Å². The van der Waals surface area contributed by atoms with Crippen LogP contribution in [0.3, 0.4) is 0 Å². The fourth-order valence-corrected chi connectivity index (χ4v) is 2.84. The normalized spacial score (nSPS) is 29.3. The molecule has 3 nitrogen and oxygen atoms in total. The van der Waals surface area contributed by atoms with Crippen molar-refractivity contribution in [1.29, 1.82) is 0 Å². The second kappa shape index (κ2) is 4.35. The number of imidazole rings is 1. The maximum atomic E-state index is 4.64. The van der Waals surface area contributed by atoms with Crippen LogP contribution < -0.4 is 5.32 Å². The van der Waals surface area contributed by atoms with Crippen molar-refractivity contribution >= 4 is 5.95 Å². The molecule has 0 amide bonds. The van der Waals surface area contributed by atoms with Crippen LogP contribution in [-0.2, 0) is 0 Å². The Labute approximate surface area is 104 Å². The van der Waals surface area contributed by atoms with Crippen LogP contribution in [0.4, 0.5) is 5.95 Å². The average Bonchev–Trinajstić information content (AvgIpc) is 3.07. The van der Waals surface area contributed by atoms with Gasteiger partial charge in [0, 0.05) is 18.3 Å². The van der Waals surface area contributed by atoms with Gasteiger partial charge < -0.3 is 9.88 Å². The highest BCUT2D eigenvalue weighted by atomic mass is 15.2. The maximum absolute atomic E-state index is 4.64. The lowest BCUT2D eigenvalue weighted by Crippen LogP contribution is -2.26. The van der Waals surface area contributed by atoms with Gasteiger partial charge in [0.25, 0.3) is 0 Å². The van der Waals surface area contributed by atoms with E-state index in [9.17, 15) is 0 Å². The van der Waals surface area contributed by atoms with Crippen LogP contribution in [-0.4, -0.2) is 15.6 Å². The first-order chi connectivity index (χ1) is 8.22. The highest BCUT2D eigenvalue weighted by Crippen LogP contribution is 2.38. The number of nitrogens with one attached hydrogen (secondary N) is 1. The molecule has 0 bridgehead atoms. The fraction of sp³-hybridized carbons (Fsp3) is 0.786. The van der Waals surface area contributed by atoms with E-state index in [1.54, 1.807) is 0 Å². The molecule has 17 heavy (non-hydrogen) atoms. The number of hydrogen-bond donors (Lipinski definition) is 1. The summed E-state index contributed by atoms with van der Waals surface area (Å²) < 4.78 is 2.35. The third-order valence-electron chi connectivity index (χ3n) is 4.14. The van der Waals surface area contributed by atoms with E-state index >= 15 is 0 Å². The van der Waals surface area contributed by atoms with Gasteiger partial charge >= 0.3 is 0 Å². The molecule has 3 rings (SSSR count). The molecule has 3 heteroatoms. The SMILES string of the molecule is Cc1cn(C2CC2)c(NC2CCC(C)CC2)n1. The summed E-state index contributed by atoms with van der Waals surface area (Å²) in [6.07, 6.45) is 10.2. The Kier molecular flexibility index (Phi) is 2.85. The molecule has 94 valence electrons. The van der Waals surface area contributed by atoms with Crippen LogP contribution >= 0.6 is 0 Å². The molecule has 2 aliphatic rings. The van der Waals surface area contributed by atoms with E-state index < -0.39 is 0 Å². The molecule has 0 radical (unpaired) electrons. The molecule has 0 saturated heterocycles. The molecule has 0 aromatic carbocycles. The zero-order valence-electron chi connectivity index (χ0n) is 10.9. The van der Waals surface area contributed by atoms with Crippen molar-refractivity contribution in [3.8, 4) is 0 Å². The highest BCUT2D eigenvalue weighted by Gasteiger charge is 2.27. The van der Waals surface area contributed by atoms with Gasteiger partial charge in [0.15, 0.2) is 0 Å². The second-order valence-corrected chi connectivity index (χ2v) is 5.95. The lowest BCUT2D eigenvalue weighted by atomic mass is 9.87. The van der Waals surface area contributed by atoms with Gasteiger partial charge in [-0.1, -0.05) is 6.92 Å². The summed E-state index contributed by atoms with van der Waals surface area (Å²) in [6, 6.07) is 1.37. The molecule has 1 aromatic rings. The first-order valence-corrected chi connectivity index (χ1v) is 7.04. The molecule has 2 fully saturated rings. The monoisotopic (exact) mass is 233 g/mol. The number of anilines is 1. The summed E-state index contributed by atoms with van der Waals surface area (Å²) in [5.74, 6) is 2.03. The van der Waals surface area contributed by atoms with Gasteiger partial charge in [-0.2, -0.15) is 0 Å². The minimum atomic E-state index is 0.644. The van der Waals surface area contributed by atoms with Gasteiger partial charge in [-0.05, 0) is 51.4 Å². The standard InChI is InChI=1S/C14H23N3/c1-10-3-5-12(6-4-10)16-14-15-11(2)9-17(14)13-7-8-13/h9-10,12-13H,3-8H2,1-2H3,(H,15,16). The van der Waals surface area contributed by atoms with E-state index in [1.807, 2.05) is 0 Å². The summed E-state index contributed by atoms with van der Waals surface area (Å²) in [5, 5.41) is 3.66. The minimum Gasteiger partial charge on any atom is -0.353 e. The summed E-state index contributed by atoms with van der Waals surface area (Å²) in [7, 11) is 0. The molecule has 2 saturated carbocycles. The Balaban J connectivity index is 1.67. The van der Waals surface area contributed by atoms with E-state index in [1.165, 1.54) is 38.5 Å². The molecular weight excluding hydrogens is 210 g/mol. The smallest absolute Gasteiger partial charge is 0.203 e. The second-order valence-electron chi connectivity index (χ2n) is 5.95. The van der Waals surface area contributed by atoms with E-state index in [2.05, 4.69) is 34.9 Å². The molecule has 0 unspecified atom stereocenters. The summed E-state index contributed by atoms with van der Waals surface area (Å²) in [4.78, 5) is 4.64. The lowest BCUT2D eigenvalue weighted by molar-refractivity contribution is 0.359. The Morgan fingerprint density at radius 3 is 2.53 bits per heavy atom. The summed E-state index contributed by atoms with van der Waals surface area (Å²) in [5.41, 5.74) is 1.14. The van der Waals surface area contributed by atoms with E-state index in [4.69, 9.17) is 0 Å². The van der Waals surface area contributed by atoms with Crippen molar-refractivity contribution in [2.24, 2.45) is 5.92 Å². The van der Waals surface area contributed by atoms with Gasteiger partial charge in [0.1, 0.15) is 0 Å². The van der Waals surface area contributed by atoms with Gasteiger partial charge in [-0.25, -0.2) is 4.98 Å². The zero-order chi connectivity index (χ0) is 11.8. The Bertz CT molecular complexity index is 384. The van der Waals surface area contributed by atoms with Crippen LogP contribution in [0.2, 0.25) is 0 Å². The molecule has 0 atom stereocenters. The average molecular weight is 233 g/mol. The quantitative estimate of drug-likeness (QED) is 0.865. The van der Waals surface area contributed by atoms with Gasteiger partial charge in [0.2, 0.25) is 5.95 Å². The molecule has 0 spiro atoms. The number of aryl methyl sites for hydroxylation is 1. The van der Waals surface area contributed by atoms with Gasteiger partial charge in [-0.15, -0.1) is 0 Å². The predicted molar refractivity (Wildman–Crippen MR) is 70.3 cm³/mol. The van der Waals surface area contributed by atoms with Crippen molar-refractivity contribution in [2.75, 3.05) is 5.32 Å². The van der Waals surface area contributed by atoms with Crippen LogP contribution in [0, 0.1) is 12.8 Å². The van der Waals surface area contributed by atoms with Crippen molar-refractivity contribution < 1.29 is 0 Å². The third kappa shape index (κ3) is 2.48. The lowest BCUT2D eigenvalue weighted by Gasteiger charge is -2.27. The Morgan fingerprint density at radius 1 is 1.18 bits per heavy atom. The number of nitrogens with zero attached hydrogens (tertiary/aromatic N) is 2. The molecule has 1 N–H and O–H groups in total. The molecule has 0 aliphatic heterocycles. The fourth-order valence-electron chi connectivity index (χ4n) is 2.84. The van der Waals surface area contributed by atoms with Gasteiger partial charge in [0.05, 0.1) is 5.69 Å². The van der Waals surface area contributed by atoms with Crippen molar-refractivity contribution in [3.05, 3.63) is 11.9 Å². The molecule has 2 aliphatic carbocycles. The van der Waals surface area contributed by atoms with E-state index in [0.717, 1.165) is 23.6 Å². The van der Waals surface area contributed by atoms with Crippen LogP contribution in [0.1, 0.15) is 57.2 Å². The zero-order valence-corrected chi connectivity index (χ0v) is 10.9. The molecular formula is C14H23N3. The van der Waals surface area contributed by atoms with Crippen molar-refractivity contribution in [1.82, 2.24) is 9.55 Å².